The van der Waals surface area contributed by atoms with Gasteiger partial charge >= 0.3 is 0 Å². The topological polar surface area (TPSA) is 63.2 Å². The van der Waals surface area contributed by atoms with Crippen LogP contribution < -0.4 is 10.2 Å². The SMILES string of the molecule is c1ccc(CN(C[C@H]2CCCO2)c2ncnc3sc4c(c23)CCNC4)nc1. The molecule has 0 spiro atoms. The van der Waals surface area contributed by atoms with Crippen LogP contribution in [0.2, 0.25) is 0 Å². The molecular formula is C20H23N5OS. The molecule has 6 nitrogen and oxygen atoms in total. The molecule has 0 unspecified atom stereocenters. The maximum atomic E-state index is 5.94. The van der Waals surface area contributed by atoms with Crippen LogP contribution in [0.15, 0.2) is 30.7 Å². The summed E-state index contributed by atoms with van der Waals surface area (Å²) in [6, 6.07) is 6.08. The predicted molar refractivity (Wildman–Crippen MR) is 107 cm³/mol. The standard InChI is InChI=1S/C20H23N5OS/c1-2-7-22-14(4-1)11-25(12-15-5-3-9-26-15)19-18-16-6-8-21-10-17(16)27-20(18)24-13-23-19/h1-2,4,7,13,15,21H,3,5-6,8-12H2/t15-/m1/s1. The first-order chi connectivity index (χ1) is 13.4. The third kappa shape index (κ3) is 3.42. The molecule has 140 valence electrons. The zero-order chi connectivity index (χ0) is 18.1. The van der Waals surface area contributed by atoms with E-state index in [1.165, 1.54) is 15.8 Å². The first kappa shape index (κ1) is 17.0. The van der Waals surface area contributed by atoms with Gasteiger partial charge < -0.3 is 15.0 Å². The number of thiophene rings is 1. The first-order valence-electron chi connectivity index (χ1n) is 9.61. The Labute approximate surface area is 162 Å². The fraction of sp³-hybridized carbons (Fsp3) is 0.450. The first-order valence-corrected chi connectivity index (χ1v) is 10.4. The zero-order valence-corrected chi connectivity index (χ0v) is 16.0. The smallest absolute Gasteiger partial charge is 0.141 e. The van der Waals surface area contributed by atoms with Gasteiger partial charge in [0.1, 0.15) is 17.0 Å². The van der Waals surface area contributed by atoms with Crippen molar-refractivity contribution in [1.82, 2.24) is 20.3 Å². The van der Waals surface area contributed by atoms with Crippen LogP contribution in [0.1, 0.15) is 29.0 Å². The molecule has 0 aromatic carbocycles. The molecule has 0 amide bonds. The van der Waals surface area contributed by atoms with Crippen LogP contribution in [0.4, 0.5) is 5.82 Å². The highest BCUT2D eigenvalue weighted by molar-refractivity contribution is 7.19. The lowest BCUT2D eigenvalue weighted by molar-refractivity contribution is 0.115. The summed E-state index contributed by atoms with van der Waals surface area (Å²) in [7, 11) is 0. The Balaban J connectivity index is 1.56. The van der Waals surface area contributed by atoms with Crippen LogP contribution in [0.5, 0.6) is 0 Å². The van der Waals surface area contributed by atoms with Crippen molar-refractivity contribution in [3.05, 3.63) is 46.9 Å². The van der Waals surface area contributed by atoms with E-state index in [-0.39, 0.29) is 6.10 Å². The van der Waals surface area contributed by atoms with Gasteiger partial charge in [0.2, 0.25) is 0 Å². The van der Waals surface area contributed by atoms with Crippen molar-refractivity contribution in [3.8, 4) is 0 Å². The van der Waals surface area contributed by atoms with E-state index in [2.05, 4.69) is 26.3 Å². The Morgan fingerprint density at radius 3 is 3.11 bits per heavy atom. The van der Waals surface area contributed by atoms with Crippen LogP contribution in [-0.4, -0.2) is 40.8 Å². The Morgan fingerprint density at radius 1 is 1.26 bits per heavy atom. The molecule has 1 saturated heterocycles. The molecule has 1 N–H and O–H groups in total. The normalized spacial score (nSPS) is 19.3. The molecule has 0 aliphatic carbocycles. The molecular weight excluding hydrogens is 358 g/mol. The Hall–Kier alpha value is -2.09. The summed E-state index contributed by atoms with van der Waals surface area (Å²) in [5.74, 6) is 1.03. The van der Waals surface area contributed by atoms with Gasteiger partial charge in [-0.3, -0.25) is 4.98 Å². The molecule has 1 fully saturated rings. The molecule has 0 radical (unpaired) electrons. The van der Waals surface area contributed by atoms with Gasteiger partial charge in [-0.1, -0.05) is 6.07 Å². The molecule has 2 aliphatic heterocycles. The fourth-order valence-corrected chi connectivity index (χ4v) is 5.18. The minimum absolute atomic E-state index is 0.259. The Kier molecular flexibility index (Phi) is 4.73. The third-order valence-electron chi connectivity index (χ3n) is 5.31. The van der Waals surface area contributed by atoms with Crippen LogP contribution in [0, 0.1) is 0 Å². The summed E-state index contributed by atoms with van der Waals surface area (Å²) < 4.78 is 5.94. The van der Waals surface area contributed by atoms with E-state index in [4.69, 9.17) is 9.72 Å². The van der Waals surface area contributed by atoms with Crippen molar-refractivity contribution in [1.29, 1.82) is 0 Å². The number of nitrogens with zero attached hydrogens (tertiary/aromatic N) is 4. The summed E-state index contributed by atoms with van der Waals surface area (Å²) in [5, 5.41) is 4.70. The number of aromatic nitrogens is 3. The highest BCUT2D eigenvalue weighted by Gasteiger charge is 2.25. The van der Waals surface area contributed by atoms with Crippen LogP contribution in [0.25, 0.3) is 10.2 Å². The monoisotopic (exact) mass is 381 g/mol. The summed E-state index contributed by atoms with van der Waals surface area (Å²) in [4.78, 5) is 18.7. The van der Waals surface area contributed by atoms with Gasteiger partial charge in [-0.15, -0.1) is 11.3 Å². The number of fused-ring (bicyclic) bond motifs is 3. The van der Waals surface area contributed by atoms with E-state index in [0.717, 1.165) is 68.4 Å². The minimum Gasteiger partial charge on any atom is -0.376 e. The third-order valence-corrected chi connectivity index (χ3v) is 6.45. The minimum atomic E-state index is 0.259. The molecule has 0 bridgehead atoms. The van der Waals surface area contributed by atoms with Gasteiger partial charge in [0.25, 0.3) is 0 Å². The summed E-state index contributed by atoms with van der Waals surface area (Å²) in [6.07, 6.45) is 7.10. The molecule has 5 heterocycles. The van der Waals surface area contributed by atoms with Crippen molar-refractivity contribution < 1.29 is 4.74 Å². The van der Waals surface area contributed by atoms with E-state index in [9.17, 15) is 0 Å². The summed E-state index contributed by atoms with van der Waals surface area (Å²) in [5.41, 5.74) is 2.47. The molecule has 2 aliphatic rings. The quantitative estimate of drug-likeness (QED) is 0.733. The lowest BCUT2D eigenvalue weighted by atomic mass is 10.1. The van der Waals surface area contributed by atoms with Gasteiger partial charge in [-0.2, -0.15) is 0 Å². The highest BCUT2D eigenvalue weighted by Crippen LogP contribution is 2.37. The average Bonchev–Trinajstić information content (AvgIpc) is 3.35. The number of pyridine rings is 1. The summed E-state index contributed by atoms with van der Waals surface area (Å²) in [6.45, 7) is 4.38. The van der Waals surface area contributed by atoms with Gasteiger partial charge in [0.15, 0.2) is 0 Å². The van der Waals surface area contributed by atoms with Crippen LogP contribution >= 0.6 is 11.3 Å². The molecule has 27 heavy (non-hydrogen) atoms. The van der Waals surface area contributed by atoms with E-state index in [1.807, 2.05) is 18.3 Å². The lowest BCUT2D eigenvalue weighted by Crippen LogP contribution is -2.33. The largest absolute Gasteiger partial charge is 0.376 e. The average molecular weight is 382 g/mol. The number of hydrogen-bond acceptors (Lipinski definition) is 7. The Bertz CT molecular complexity index is 923. The number of anilines is 1. The van der Waals surface area contributed by atoms with E-state index in [1.54, 1.807) is 17.7 Å². The second-order valence-electron chi connectivity index (χ2n) is 7.14. The Morgan fingerprint density at radius 2 is 2.26 bits per heavy atom. The van der Waals surface area contributed by atoms with Crippen molar-refractivity contribution in [2.24, 2.45) is 0 Å². The van der Waals surface area contributed by atoms with Crippen LogP contribution in [-0.2, 0) is 24.2 Å². The number of hydrogen-bond donors (Lipinski definition) is 1. The number of rotatable bonds is 5. The van der Waals surface area contributed by atoms with Gasteiger partial charge in [-0.05, 0) is 43.5 Å². The number of nitrogens with one attached hydrogen (secondary N) is 1. The van der Waals surface area contributed by atoms with Crippen molar-refractivity contribution in [2.45, 2.75) is 38.5 Å². The van der Waals surface area contributed by atoms with E-state index in [0.29, 0.717) is 0 Å². The predicted octanol–water partition coefficient (Wildman–Crippen LogP) is 2.92. The zero-order valence-electron chi connectivity index (χ0n) is 15.2. The van der Waals surface area contributed by atoms with Crippen molar-refractivity contribution in [2.75, 3.05) is 24.6 Å². The fourth-order valence-electron chi connectivity index (χ4n) is 4.03. The summed E-state index contributed by atoms with van der Waals surface area (Å²) >= 11 is 1.79. The van der Waals surface area contributed by atoms with Crippen molar-refractivity contribution in [3.63, 3.8) is 0 Å². The van der Waals surface area contributed by atoms with Gasteiger partial charge in [0, 0.05) is 30.8 Å². The van der Waals surface area contributed by atoms with Crippen LogP contribution in [0.3, 0.4) is 0 Å². The van der Waals surface area contributed by atoms with E-state index < -0.39 is 0 Å². The number of ether oxygens (including phenoxy) is 1. The maximum Gasteiger partial charge on any atom is 0.141 e. The molecule has 0 saturated carbocycles. The van der Waals surface area contributed by atoms with Gasteiger partial charge in [0.05, 0.1) is 23.7 Å². The molecule has 3 aromatic rings. The molecule has 3 aromatic heterocycles. The highest BCUT2D eigenvalue weighted by atomic mass is 32.1. The maximum absolute atomic E-state index is 5.94. The van der Waals surface area contributed by atoms with E-state index >= 15 is 0 Å². The second kappa shape index (κ2) is 7.50. The lowest BCUT2D eigenvalue weighted by Gasteiger charge is -2.27. The second-order valence-corrected chi connectivity index (χ2v) is 8.23. The molecule has 5 rings (SSSR count). The van der Waals surface area contributed by atoms with Gasteiger partial charge in [-0.25, -0.2) is 9.97 Å². The molecule has 1 atom stereocenters. The molecule has 7 heteroatoms. The van der Waals surface area contributed by atoms with Crippen molar-refractivity contribution >= 4 is 27.4 Å².